The van der Waals surface area contributed by atoms with Gasteiger partial charge in [-0.2, -0.15) is 0 Å². The zero-order valence-electron chi connectivity index (χ0n) is 28.1. The molecule has 0 saturated carbocycles. The van der Waals surface area contributed by atoms with Crippen LogP contribution in [0.5, 0.6) is 5.75 Å². The highest BCUT2D eigenvalue weighted by atomic mass is 32.2. The number of sulfonamides is 1. The van der Waals surface area contributed by atoms with E-state index in [2.05, 4.69) is 14.9 Å². The second kappa shape index (κ2) is 15.1. The first-order valence-corrected chi connectivity index (χ1v) is 17.6. The standard InChI is InChI=1S/C37H43N5O6S/c1-24-12-18-29(19-13-24)49(46,47)40-33-11-7-8-30-35(33)48-34(25(2)20-42(37(30)45)26(3)23-43)22-41(4)21-27-14-16-28(17-15-27)36(44)39-32-10-6-5-9-31(32)38/h5-19,25-26,34,40,43H,20-23,38H2,1-4H3,(H,39,44)/t25-,26-,34-/m0/s1. The number of para-hydroxylation sites is 3. The van der Waals surface area contributed by atoms with Gasteiger partial charge in [-0.25, -0.2) is 8.42 Å². The van der Waals surface area contributed by atoms with Crippen molar-refractivity contribution in [2.45, 2.75) is 44.4 Å². The van der Waals surface area contributed by atoms with Crippen LogP contribution in [-0.2, 0) is 16.6 Å². The average Bonchev–Trinajstić information content (AvgIpc) is 3.07. The molecule has 0 spiro atoms. The Morgan fingerprint density at radius 1 is 1.02 bits per heavy atom. The lowest BCUT2D eigenvalue weighted by atomic mass is 9.99. The van der Waals surface area contributed by atoms with Crippen molar-refractivity contribution in [3.63, 3.8) is 0 Å². The van der Waals surface area contributed by atoms with E-state index in [1.54, 1.807) is 78.6 Å². The highest BCUT2D eigenvalue weighted by molar-refractivity contribution is 7.92. The van der Waals surface area contributed by atoms with Crippen molar-refractivity contribution in [2.75, 3.05) is 42.5 Å². The number of hydrogen-bond acceptors (Lipinski definition) is 8. The van der Waals surface area contributed by atoms with Crippen LogP contribution in [0.2, 0.25) is 0 Å². The number of likely N-dealkylation sites (N-methyl/N-ethyl adjacent to an activating group) is 1. The summed E-state index contributed by atoms with van der Waals surface area (Å²) in [5.41, 5.74) is 9.73. The Balaban J connectivity index is 1.37. The van der Waals surface area contributed by atoms with Gasteiger partial charge in [0.05, 0.1) is 40.2 Å². The minimum atomic E-state index is -4.00. The largest absolute Gasteiger partial charge is 0.486 e. The van der Waals surface area contributed by atoms with Gasteiger partial charge in [-0.15, -0.1) is 0 Å². The lowest BCUT2D eigenvalue weighted by molar-refractivity contribution is 0.0344. The molecule has 258 valence electrons. The van der Waals surface area contributed by atoms with E-state index in [4.69, 9.17) is 10.5 Å². The molecule has 12 heteroatoms. The van der Waals surface area contributed by atoms with Crippen molar-refractivity contribution in [1.29, 1.82) is 0 Å². The highest BCUT2D eigenvalue weighted by Gasteiger charge is 2.35. The van der Waals surface area contributed by atoms with Gasteiger partial charge < -0.3 is 25.8 Å². The minimum Gasteiger partial charge on any atom is -0.486 e. The van der Waals surface area contributed by atoms with Gasteiger partial charge in [-0.05, 0) is 75.0 Å². The van der Waals surface area contributed by atoms with Crippen LogP contribution in [0, 0.1) is 12.8 Å². The fraction of sp³-hybridized carbons (Fsp3) is 0.297. The first-order chi connectivity index (χ1) is 23.4. The molecular weight excluding hydrogens is 643 g/mol. The first-order valence-electron chi connectivity index (χ1n) is 16.1. The van der Waals surface area contributed by atoms with Crippen LogP contribution in [0.15, 0.2) is 95.9 Å². The number of rotatable bonds is 11. The molecule has 1 heterocycles. The van der Waals surface area contributed by atoms with Crippen molar-refractivity contribution in [2.24, 2.45) is 5.92 Å². The average molecular weight is 686 g/mol. The molecule has 5 rings (SSSR count). The topological polar surface area (TPSA) is 154 Å². The quantitative estimate of drug-likeness (QED) is 0.161. The molecule has 1 aliphatic rings. The number of aryl methyl sites for hydroxylation is 1. The maximum Gasteiger partial charge on any atom is 0.262 e. The molecule has 5 N–H and O–H groups in total. The summed E-state index contributed by atoms with van der Waals surface area (Å²) >= 11 is 0. The Morgan fingerprint density at radius 2 is 1.69 bits per heavy atom. The van der Waals surface area contributed by atoms with Crippen LogP contribution in [0.25, 0.3) is 0 Å². The van der Waals surface area contributed by atoms with Gasteiger partial charge >= 0.3 is 0 Å². The number of ether oxygens (including phenoxy) is 1. The number of nitrogens with two attached hydrogens (primary N) is 1. The number of benzene rings is 4. The van der Waals surface area contributed by atoms with Gasteiger partial charge in [0.15, 0.2) is 5.75 Å². The van der Waals surface area contributed by atoms with E-state index in [9.17, 15) is 23.1 Å². The molecule has 11 nitrogen and oxygen atoms in total. The summed E-state index contributed by atoms with van der Waals surface area (Å²) in [5.74, 6) is -0.673. The number of nitrogens with zero attached hydrogens (tertiary/aromatic N) is 2. The fourth-order valence-electron chi connectivity index (χ4n) is 5.71. The van der Waals surface area contributed by atoms with Crippen molar-refractivity contribution in [3.8, 4) is 5.75 Å². The normalized spacial score (nSPS) is 17.0. The number of anilines is 3. The number of carbonyl (C=O) groups excluding carboxylic acids is 2. The maximum absolute atomic E-state index is 13.8. The van der Waals surface area contributed by atoms with E-state index >= 15 is 0 Å². The number of amides is 2. The van der Waals surface area contributed by atoms with Crippen molar-refractivity contribution in [3.05, 3.63) is 113 Å². The van der Waals surface area contributed by atoms with E-state index in [1.807, 2.05) is 33.0 Å². The van der Waals surface area contributed by atoms with Crippen LogP contribution in [0.1, 0.15) is 45.7 Å². The zero-order valence-corrected chi connectivity index (χ0v) is 28.9. The van der Waals surface area contributed by atoms with Crippen LogP contribution in [0.3, 0.4) is 0 Å². The second-order valence-corrected chi connectivity index (χ2v) is 14.3. The van der Waals surface area contributed by atoms with Gasteiger partial charge in [-0.1, -0.05) is 55.0 Å². The van der Waals surface area contributed by atoms with E-state index in [0.29, 0.717) is 36.6 Å². The van der Waals surface area contributed by atoms with Gasteiger partial charge in [-0.3, -0.25) is 19.2 Å². The molecule has 0 aliphatic carbocycles. The summed E-state index contributed by atoms with van der Waals surface area (Å²) in [6, 6.07) is 25.2. The third kappa shape index (κ3) is 8.40. The van der Waals surface area contributed by atoms with Gasteiger partial charge in [0.1, 0.15) is 6.10 Å². The molecule has 0 radical (unpaired) electrons. The Bertz CT molecular complexity index is 1900. The van der Waals surface area contributed by atoms with Gasteiger partial charge in [0.25, 0.3) is 21.8 Å². The number of nitrogen functional groups attached to an aromatic ring is 1. The van der Waals surface area contributed by atoms with Crippen molar-refractivity contribution < 1.29 is 27.9 Å². The molecule has 0 unspecified atom stereocenters. The monoisotopic (exact) mass is 685 g/mol. The van der Waals surface area contributed by atoms with Crippen molar-refractivity contribution >= 4 is 38.9 Å². The molecule has 2 amide bonds. The van der Waals surface area contributed by atoms with Crippen LogP contribution in [0.4, 0.5) is 17.1 Å². The fourth-order valence-corrected chi connectivity index (χ4v) is 6.78. The lowest BCUT2D eigenvalue weighted by Gasteiger charge is -2.38. The van der Waals surface area contributed by atoms with E-state index < -0.39 is 22.2 Å². The summed E-state index contributed by atoms with van der Waals surface area (Å²) in [6.07, 6.45) is -0.461. The van der Waals surface area contributed by atoms with E-state index in [1.165, 1.54) is 12.1 Å². The van der Waals surface area contributed by atoms with Crippen LogP contribution >= 0.6 is 0 Å². The number of aliphatic hydroxyl groups is 1. The molecular formula is C37H43N5O6S. The smallest absolute Gasteiger partial charge is 0.262 e. The Hall–Kier alpha value is -4.91. The summed E-state index contributed by atoms with van der Waals surface area (Å²) < 4.78 is 36.1. The number of nitrogens with one attached hydrogen (secondary N) is 2. The molecule has 1 aliphatic heterocycles. The molecule has 0 fully saturated rings. The number of fused-ring (bicyclic) bond motifs is 1. The highest BCUT2D eigenvalue weighted by Crippen LogP contribution is 2.36. The van der Waals surface area contributed by atoms with Gasteiger partial charge in [0, 0.05) is 31.1 Å². The molecule has 3 atom stereocenters. The number of hydrogen-bond donors (Lipinski definition) is 4. The zero-order chi connectivity index (χ0) is 35.3. The van der Waals surface area contributed by atoms with Crippen LogP contribution < -0.4 is 20.5 Å². The molecule has 0 aromatic heterocycles. The predicted octanol–water partition coefficient (Wildman–Crippen LogP) is 4.98. The Kier molecular flexibility index (Phi) is 10.9. The van der Waals surface area contributed by atoms with Crippen LogP contribution in [-0.4, -0.2) is 74.0 Å². The van der Waals surface area contributed by atoms with Gasteiger partial charge in [0.2, 0.25) is 0 Å². The molecule has 0 bridgehead atoms. The van der Waals surface area contributed by atoms with Crippen molar-refractivity contribution in [1.82, 2.24) is 9.80 Å². The number of carbonyl (C=O) groups is 2. The predicted molar refractivity (Wildman–Crippen MR) is 191 cm³/mol. The Morgan fingerprint density at radius 3 is 2.37 bits per heavy atom. The number of aliphatic hydroxyl groups excluding tert-OH is 1. The summed E-state index contributed by atoms with van der Waals surface area (Å²) in [4.78, 5) is 30.4. The lowest BCUT2D eigenvalue weighted by Crippen LogP contribution is -2.49. The third-order valence-corrected chi connectivity index (χ3v) is 10.0. The molecule has 0 saturated heterocycles. The Labute approximate surface area is 287 Å². The van der Waals surface area contributed by atoms with E-state index in [-0.39, 0.29) is 46.2 Å². The second-order valence-electron chi connectivity index (χ2n) is 12.7. The first kappa shape index (κ1) is 35.4. The maximum atomic E-state index is 13.8. The molecule has 49 heavy (non-hydrogen) atoms. The molecule has 4 aromatic rings. The van der Waals surface area contributed by atoms with E-state index in [0.717, 1.165) is 11.1 Å². The molecule has 4 aromatic carbocycles. The third-order valence-electron chi connectivity index (χ3n) is 8.64. The summed E-state index contributed by atoms with van der Waals surface area (Å²) in [6.45, 7) is 6.68. The summed E-state index contributed by atoms with van der Waals surface area (Å²) in [7, 11) is -2.06. The minimum absolute atomic E-state index is 0.0840. The summed E-state index contributed by atoms with van der Waals surface area (Å²) in [5, 5.41) is 12.9. The SMILES string of the molecule is Cc1ccc(S(=O)(=O)Nc2cccc3c2O[C@@H](CN(C)Cc2ccc(C(=O)Nc4ccccc4N)cc2)[C@@H](C)CN([C@@H](C)CO)C3=O)cc1.